The van der Waals surface area contributed by atoms with Crippen molar-refractivity contribution >= 4 is 28.3 Å². The number of allylic oxidation sites excluding steroid dienone is 2. The Morgan fingerprint density at radius 2 is 1.65 bits per heavy atom. The molecule has 0 aromatic heterocycles. The zero-order chi connectivity index (χ0) is 16.0. The molecule has 1 saturated carbocycles. The van der Waals surface area contributed by atoms with Gasteiger partial charge in [-0.3, -0.25) is 4.79 Å². The van der Waals surface area contributed by atoms with Crippen LogP contribution in [-0.4, -0.2) is 11.9 Å². The summed E-state index contributed by atoms with van der Waals surface area (Å²) < 4.78 is 0. The fourth-order valence-corrected chi connectivity index (χ4v) is 4.05. The quantitative estimate of drug-likeness (QED) is 0.881. The summed E-state index contributed by atoms with van der Waals surface area (Å²) in [5.74, 6) is -2.70. The molecule has 4 rings (SSSR count). The molecule has 0 saturated heterocycles. The molecule has 116 valence electrons. The second kappa shape index (κ2) is 5.23. The van der Waals surface area contributed by atoms with Gasteiger partial charge in [-0.2, -0.15) is 0 Å². The number of benzene rings is 2. The molecule has 2 aromatic carbocycles. The number of amides is 1. The normalized spacial score (nSPS) is 28.2. The summed E-state index contributed by atoms with van der Waals surface area (Å²) in [6.45, 7) is 0. The minimum atomic E-state index is -1.13. The van der Waals surface area contributed by atoms with Gasteiger partial charge in [0.2, 0.25) is 5.91 Å². The molecule has 0 unspecified atom stereocenters. The summed E-state index contributed by atoms with van der Waals surface area (Å²) in [5.41, 5.74) is 0.719. The highest BCUT2D eigenvalue weighted by atomic mass is 16.4. The lowest BCUT2D eigenvalue weighted by atomic mass is 9.82. The highest BCUT2D eigenvalue weighted by Gasteiger charge is 2.48. The predicted molar refractivity (Wildman–Crippen MR) is 85.3 cm³/mol. The van der Waals surface area contributed by atoms with E-state index in [4.69, 9.17) is 0 Å². The van der Waals surface area contributed by atoms with Crippen LogP contribution in [0.25, 0.3) is 10.8 Å². The molecule has 1 amide bonds. The van der Waals surface area contributed by atoms with E-state index in [9.17, 15) is 14.7 Å². The summed E-state index contributed by atoms with van der Waals surface area (Å²) in [4.78, 5) is 24.2. The van der Waals surface area contributed by atoms with Crippen LogP contribution in [0.2, 0.25) is 0 Å². The average Bonchev–Trinajstić information content (AvgIpc) is 3.16. The van der Waals surface area contributed by atoms with E-state index in [0.717, 1.165) is 22.9 Å². The Hall–Kier alpha value is -2.62. The van der Waals surface area contributed by atoms with E-state index >= 15 is 0 Å². The Balaban J connectivity index is 1.65. The molecular formula is C19H16NO3-. The van der Waals surface area contributed by atoms with Crippen LogP contribution in [0.3, 0.4) is 0 Å². The van der Waals surface area contributed by atoms with Gasteiger partial charge in [0.15, 0.2) is 0 Å². The number of carbonyl (C=O) groups excluding carboxylic acids is 2. The van der Waals surface area contributed by atoms with Crippen LogP contribution in [0.4, 0.5) is 5.69 Å². The Morgan fingerprint density at radius 3 is 2.43 bits per heavy atom. The second-order valence-electron chi connectivity index (χ2n) is 6.33. The topological polar surface area (TPSA) is 69.2 Å². The summed E-state index contributed by atoms with van der Waals surface area (Å²) in [6.07, 6.45) is 4.61. The number of hydrogen-bond acceptors (Lipinski definition) is 3. The van der Waals surface area contributed by atoms with Gasteiger partial charge in [-0.1, -0.05) is 48.6 Å². The maximum Gasteiger partial charge on any atom is 0.228 e. The van der Waals surface area contributed by atoms with Crippen LogP contribution in [0.5, 0.6) is 0 Å². The van der Waals surface area contributed by atoms with Gasteiger partial charge in [-0.15, -0.1) is 0 Å². The van der Waals surface area contributed by atoms with Crippen LogP contribution in [0.15, 0.2) is 54.6 Å². The first kappa shape index (κ1) is 14.0. The van der Waals surface area contributed by atoms with Crippen molar-refractivity contribution in [2.75, 3.05) is 5.32 Å². The molecule has 0 heterocycles. The van der Waals surface area contributed by atoms with Gasteiger partial charge in [0.25, 0.3) is 0 Å². The molecular weight excluding hydrogens is 290 g/mol. The number of anilines is 1. The maximum atomic E-state index is 12.7. The molecule has 4 heteroatoms. The van der Waals surface area contributed by atoms with Crippen molar-refractivity contribution < 1.29 is 14.7 Å². The largest absolute Gasteiger partial charge is 0.550 e. The summed E-state index contributed by atoms with van der Waals surface area (Å²) in [6, 6.07) is 13.5. The molecule has 23 heavy (non-hydrogen) atoms. The predicted octanol–water partition coefficient (Wildman–Crippen LogP) is 1.97. The van der Waals surface area contributed by atoms with E-state index in [1.54, 1.807) is 0 Å². The van der Waals surface area contributed by atoms with E-state index in [-0.39, 0.29) is 17.7 Å². The van der Waals surface area contributed by atoms with Gasteiger partial charge in [0.05, 0.1) is 5.92 Å². The monoisotopic (exact) mass is 306 g/mol. The molecule has 0 aliphatic heterocycles. The van der Waals surface area contributed by atoms with Gasteiger partial charge >= 0.3 is 0 Å². The fourth-order valence-electron chi connectivity index (χ4n) is 4.05. The molecule has 1 fully saturated rings. The van der Waals surface area contributed by atoms with Crippen molar-refractivity contribution in [3.63, 3.8) is 0 Å². The Labute approximate surface area is 133 Å². The molecule has 1 N–H and O–H groups in total. The molecule has 2 aliphatic rings. The standard InChI is InChI=1S/C19H17NO3/c21-18(16-12-8-9-13(10-12)17(16)19(22)23)20-15-7-3-5-11-4-1-2-6-14(11)15/h1-9,12-13,16-17H,10H2,(H,20,21)(H,22,23)/p-1/t12-,13-,16-,17-/m0/s1. The van der Waals surface area contributed by atoms with Crippen LogP contribution < -0.4 is 10.4 Å². The van der Waals surface area contributed by atoms with Gasteiger partial charge in [-0.25, -0.2) is 0 Å². The van der Waals surface area contributed by atoms with Crippen LogP contribution in [0, 0.1) is 23.7 Å². The zero-order valence-corrected chi connectivity index (χ0v) is 12.4. The highest BCUT2D eigenvalue weighted by Crippen LogP contribution is 2.48. The Morgan fingerprint density at radius 1 is 0.957 bits per heavy atom. The van der Waals surface area contributed by atoms with Crippen molar-refractivity contribution in [1.82, 2.24) is 0 Å². The van der Waals surface area contributed by atoms with Crippen LogP contribution >= 0.6 is 0 Å². The number of nitrogens with one attached hydrogen (secondary N) is 1. The first-order valence-corrected chi connectivity index (χ1v) is 7.83. The van der Waals surface area contributed by atoms with Crippen LogP contribution in [-0.2, 0) is 9.59 Å². The van der Waals surface area contributed by atoms with Crippen LogP contribution in [0.1, 0.15) is 6.42 Å². The molecule has 4 nitrogen and oxygen atoms in total. The minimum absolute atomic E-state index is 0.00197. The minimum Gasteiger partial charge on any atom is -0.550 e. The number of hydrogen-bond donors (Lipinski definition) is 1. The number of rotatable bonds is 3. The summed E-state index contributed by atoms with van der Waals surface area (Å²) in [5, 5.41) is 16.4. The lowest BCUT2D eigenvalue weighted by molar-refractivity contribution is -0.313. The zero-order valence-electron chi connectivity index (χ0n) is 12.4. The SMILES string of the molecule is O=C([O-])[C@@H]1[C@@H](C(=O)Nc2cccc3ccccc23)[C@H]2C=C[C@H]1C2. The van der Waals surface area contributed by atoms with E-state index < -0.39 is 17.8 Å². The molecule has 2 aliphatic carbocycles. The van der Waals surface area contributed by atoms with Gasteiger partial charge in [0.1, 0.15) is 0 Å². The van der Waals surface area contributed by atoms with Crippen molar-refractivity contribution in [2.24, 2.45) is 23.7 Å². The average molecular weight is 306 g/mol. The molecule has 4 atom stereocenters. The van der Waals surface area contributed by atoms with Gasteiger partial charge in [0, 0.05) is 23.0 Å². The first-order valence-electron chi connectivity index (χ1n) is 7.83. The van der Waals surface area contributed by atoms with E-state index in [2.05, 4.69) is 5.32 Å². The molecule has 0 spiro atoms. The number of carboxylic acids is 1. The van der Waals surface area contributed by atoms with Gasteiger partial charge in [-0.05, 0) is 29.7 Å². The Bertz CT molecular complexity index is 821. The van der Waals surface area contributed by atoms with Gasteiger partial charge < -0.3 is 15.2 Å². The van der Waals surface area contributed by atoms with E-state index in [0.29, 0.717) is 0 Å². The number of carboxylic acid groups (broad SMARTS) is 1. The lowest BCUT2D eigenvalue weighted by Crippen LogP contribution is -2.42. The maximum absolute atomic E-state index is 12.7. The molecule has 2 aromatic rings. The third kappa shape index (κ3) is 2.22. The fraction of sp³-hybridized carbons (Fsp3) is 0.263. The smallest absolute Gasteiger partial charge is 0.228 e. The third-order valence-corrected chi connectivity index (χ3v) is 5.08. The number of carbonyl (C=O) groups is 2. The summed E-state index contributed by atoms with van der Waals surface area (Å²) >= 11 is 0. The molecule has 2 bridgehead atoms. The van der Waals surface area contributed by atoms with E-state index in [1.165, 1.54) is 0 Å². The lowest BCUT2D eigenvalue weighted by Gasteiger charge is -2.28. The third-order valence-electron chi connectivity index (χ3n) is 5.08. The highest BCUT2D eigenvalue weighted by molar-refractivity contribution is 6.04. The summed E-state index contributed by atoms with van der Waals surface area (Å²) in [7, 11) is 0. The van der Waals surface area contributed by atoms with E-state index in [1.807, 2.05) is 54.6 Å². The molecule has 0 radical (unpaired) electrons. The second-order valence-corrected chi connectivity index (χ2v) is 6.33. The van der Waals surface area contributed by atoms with Crippen molar-refractivity contribution in [3.05, 3.63) is 54.6 Å². The number of fused-ring (bicyclic) bond motifs is 3. The first-order chi connectivity index (χ1) is 11.1. The Kier molecular flexibility index (Phi) is 3.18. The van der Waals surface area contributed by atoms with Crippen molar-refractivity contribution in [2.45, 2.75) is 6.42 Å². The van der Waals surface area contributed by atoms with Crippen molar-refractivity contribution in [3.8, 4) is 0 Å². The van der Waals surface area contributed by atoms with Crippen molar-refractivity contribution in [1.29, 1.82) is 0 Å². The number of aliphatic carboxylic acids is 1.